The molecule has 2 aromatic rings. The van der Waals surface area contributed by atoms with Crippen LogP contribution in [-0.4, -0.2) is 43.0 Å². The van der Waals surface area contributed by atoms with E-state index in [2.05, 4.69) is 5.32 Å². The van der Waals surface area contributed by atoms with Crippen molar-refractivity contribution < 1.29 is 31.9 Å². The molecule has 2 aliphatic rings. The summed E-state index contributed by atoms with van der Waals surface area (Å²) < 4.78 is 58.3. The summed E-state index contributed by atoms with van der Waals surface area (Å²) in [6.07, 6.45) is -3.21. The molecule has 2 fully saturated rings. The average Bonchev–Trinajstić information content (AvgIpc) is 3.18. The van der Waals surface area contributed by atoms with Crippen molar-refractivity contribution in [2.24, 2.45) is 5.92 Å². The van der Waals surface area contributed by atoms with Gasteiger partial charge in [-0.3, -0.25) is 9.59 Å². The number of carbonyl (C=O) groups excluding carboxylic acids is 2. The van der Waals surface area contributed by atoms with E-state index < -0.39 is 23.1 Å². The number of nitrogens with one attached hydrogen (secondary N) is 1. The first-order valence-electron chi connectivity index (χ1n) is 11.2. The normalized spacial score (nSPS) is 20.4. The summed E-state index contributed by atoms with van der Waals surface area (Å²) in [7, 11) is 0. The summed E-state index contributed by atoms with van der Waals surface area (Å²) in [6.45, 7) is 1.43. The maximum atomic E-state index is 13.9. The van der Waals surface area contributed by atoms with E-state index in [1.54, 1.807) is 6.07 Å². The number of alkyl halides is 3. The highest BCUT2D eigenvalue weighted by atomic mass is 19.4. The summed E-state index contributed by atoms with van der Waals surface area (Å²) in [5.41, 5.74) is -0.0811. The van der Waals surface area contributed by atoms with Crippen LogP contribution in [0.15, 0.2) is 48.5 Å². The molecule has 2 saturated heterocycles. The van der Waals surface area contributed by atoms with Gasteiger partial charge in [0.25, 0.3) is 0 Å². The maximum absolute atomic E-state index is 13.9. The van der Waals surface area contributed by atoms with Gasteiger partial charge in [-0.1, -0.05) is 24.3 Å². The monoisotopic (exact) mass is 478 g/mol. The van der Waals surface area contributed by atoms with Gasteiger partial charge in [-0.05, 0) is 48.2 Å². The van der Waals surface area contributed by atoms with Crippen molar-refractivity contribution in [2.75, 3.05) is 26.3 Å². The van der Waals surface area contributed by atoms with E-state index >= 15 is 0 Å². The number of halogens is 4. The fourth-order valence-electron chi connectivity index (χ4n) is 4.72. The van der Waals surface area contributed by atoms with Gasteiger partial charge in [0.1, 0.15) is 5.82 Å². The Morgan fingerprint density at radius 1 is 1.12 bits per heavy atom. The van der Waals surface area contributed by atoms with Crippen LogP contribution in [0, 0.1) is 11.7 Å². The van der Waals surface area contributed by atoms with E-state index in [4.69, 9.17) is 4.74 Å². The second kappa shape index (κ2) is 9.74. The molecule has 0 saturated carbocycles. The van der Waals surface area contributed by atoms with Gasteiger partial charge in [0.05, 0.1) is 11.5 Å². The van der Waals surface area contributed by atoms with E-state index in [1.165, 1.54) is 29.2 Å². The van der Waals surface area contributed by atoms with Gasteiger partial charge in [0.15, 0.2) is 0 Å². The fourth-order valence-corrected chi connectivity index (χ4v) is 4.72. The van der Waals surface area contributed by atoms with Crippen LogP contribution >= 0.6 is 0 Å². The Labute approximate surface area is 195 Å². The molecule has 0 aliphatic carbocycles. The van der Waals surface area contributed by atoms with Crippen LogP contribution in [0.5, 0.6) is 0 Å². The number of amides is 2. The van der Waals surface area contributed by atoms with Gasteiger partial charge in [-0.15, -0.1) is 0 Å². The molecule has 0 bridgehead atoms. The third kappa shape index (κ3) is 5.41. The molecule has 5 nitrogen and oxygen atoms in total. The molecule has 0 spiro atoms. The van der Waals surface area contributed by atoms with Crippen molar-refractivity contribution in [3.63, 3.8) is 0 Å². The van der Waals surface area contributed by atoms with Crippen LogP contribution in [0.25, 0.3) is 0 Å². The van der Waals surface area contributed by atoms with E-state index in [0.717, 1.165) is 17.7 Å². The molecule has 34 heavy (non-hydrogen) atoms. The van der Waals surface area contributed by atoms with Crippen LogP contribution in [0.1, 0.15) is 36.0 Å². The molecule has 0 radical (unpaired) electrons. The second-order valence-corrected chi connectivity index (χ2v) is 8.99. The van der Waals surface area contributed by atoms with E-state index in [0.29, 0.717) is 31.6 Å². The molecule has 0 aromatic heterocycles. The molecular weight excluding hydrogens is 452 g/mol. The first-order valence-corrected chi connectivity index (χ1v) is 11.2. The number of benzene rings is 2. The quantitative estimate of drug-likeness (QED) is 0.638. The molecular formula is C25H26F4N2O3. The molecule has 2 aromatic carbocycles. The minimum absolute atomic E-state index is 0.000864. The first-order chi connectivity index (χ1) is 16.2. The minimum Gasteiger partial charge on any atom is -0.381 e. The van der Waals surface area contributed by atoms with Gasteiger partial charge < -0.3 is 15.0 Å². The lowest BCUT2D eigenvalue weighted by atomic mass is 9.74. The Balaban J connectivity index is 1.39. The zero-order chi connectivity index (χ0) is 24.3. The Morgan fingerprint density at radius 3 is 2.56 bits per heavy atom. The third-order valence-corrected chi connectivity index (χ3v) is 6.70. The summed E-state index contributed by atoms with van der Waals surface area (Å²) in [4.78, 5) is 26.8. The highest BCUT2D eigenvalue weighted by Gasteiger charge is 2.38. The van der Waals surface area contributed by atoms with Gasteiger partial charge in [-0.2, -0.15) is 13.2 Å². The smallest absolute Gasteiger partial charge is 0.381 e. The number of rotatable bonds is 6. The summed E-state index contributed by atoms with van der Waals surface area (Å²) in [5.74, 6) is -1.50. The standard InChI is InChI=1S/C25H26F4N2O3/c26-21-6-2-4-19(13-21)24(7-9-34-10-8-24)16-30-23(33)18-12-22(32)31(15-18)14-17-3-1-5-20(11-17)25(27,28)29/h1-6,11,13,18H,7-10,12,14-16H2,(H,30,33). The highest BCUT2D eigenvalue weighted by Crippen LogP contribution is 2.35. The molecule has 2 heterocycles. The molecule has 2 aliphatic heterocycles. The number of hydrogen-bond donors (Lipinski definition) is 1. The molecule has 1 atom stereocenters. The number of likely N-dealkylation sites (tertiary alicyclic amines) is 1. The Kier molecular flexibility index (Phi) is 6.93. The Morgan fingerprint density at radius 2 is 1.85 bits per heavy atom. The van der Waals surface area contributed by atoms with Crippen LogP contribution in [0.4, 0.5) is 17.6 Å². The lowest BCUT2D eigenvalue weighted by molar-refractivity contribution is -0.137. The number of nitrogens with zero attached hydrogens (tertiary/aromatic N) is 1. The van der Waals surface area contributed by atoms with Crippen LogP contribution in [-0.2, 0) is 32.5 Å². The number of carbonyl (C=O) groups is 2. The van der Waals surface area contributed by atoms with Crippen LogP contribution in [0.3, 0.4) is 0 Å². The van der Waals surface area contributed by atoms with Gasteiger partial charge >= 0.3 is 6.18 Å². The summed E-state index contributed by atoms with van der Waals surface area (Å²) in [5, 5.41) is 2.94. The molecule has 9 heteroatoms. The van der Waals surface area contributed by atoms with Crippen LogP contribution in [0.2, 0.25) is 0 Å². The van der Waals surface area contributed by atoms with Crippen molar-refractivity contribution in [1.82, 2.24) is 10.2 Å². The lowest BCUT2D eigenvalue weighted by Gasteiger charge is -2.38. The summed E-state index contributed by atoms with van der Waals surface area (Å²) >= 11 is 0. The van der Waals surface area contributed by atoms with Gasteiger partial charge in [0.2, 0.25) is 11.8 Å². The summed E-state index contributed by atoms with van der Waals surface area (Å²) in [6, 6.07) is 11.2. The minimum atomic E-state index is -4.46. The van der Waals surface area contributed by atoms with E-state index in [-0.39, 0.29) is 43.7 Å². The van der Waals surface area contributed by atoms with Crippen molar-refractivity contribution in [1.29, 1.82) is 0 Å². The average molecular weight is 478 g/mol. The zero-order valence-electron chi connectivity index (χ0n) is 18.5. The zero-order valence-corrected chi connectivity index (χ0v) is 18.5. The number of hydrogen-bond acceptors (Lipinski definition) is 3. The van der Waals surface area contributed by atoms with Crippen molar-refractivity contribution >= 4 is 11.8 Å². The SMILES string of the molecule is O=C(NCC1(c2cccc(F)c2)CCOCC1)C1CC(=O)N(Cc2cccc(C(F)(F)F)c2)C1. The van der Waals surface area contributed by atoms with E-state index in [9.17, 15) is 27.2 Å². The maximum Gasteiger partial charge on any atom is 0.416 e. The Bertz CT molecular complexity index is 1050. The largest absolute Gasteiger partial charge is 0.416 e. The molecule has 4 rings (SSSR count). The van der Waals surface area contributed by atoms with Crippen LogP contribution < -0.4 is 5.32 Å². The van der Waals surface area contributed by atoms with Gasteiger partial charge in [-0.25, -0.2) is 4.39 Å². The topological polar surface area (TPSA) is 58.6 Å². The van der Waals surface area contributed by atoms with Gasteiger partial charge in [0, 0.05) is 44.7 Å². The predicted molar refractivity (Wildman–Crippen MR) is 116 cm³/mol. The molecule has 182 valence electrons. The van der Waals surface area contributed by atoms with Crippen molar-refractivity contribution in [3.8, 4) is 0 Å². The lowest BCUT2D eigenvalue weighted by Crippen LogP contribution is -2.46. The van der Waals surface area contributed by atoms with Crippen molar-refractivity contribution in [3.05, 3.63) is 71.0 Å². The first kappa shape index (κ1) is 24.2. The molecule has 1 N–H and O–H groups in total. The molecule has 1 unspecified atom stereocenters. The van der Waals surface area contributed by atoms with Crippen molar-refractivity contribution in [2.45, 2.75) is 37.4 Å². The second-order valence-electron chi connectivity index (χ2n) is 8.99. The number of ether oxygens (including phenoxy) is 1. The van der Waals surface area contributed by atoms with E-state index in [1.807, 2.05) is 6.07 Å². The molecule has 2 amide bonds. The predicted octanol–water partition coefficient (Wildman–Crippen LogP) is 4.06. The highest BCUT2D eigenvalue weighted by molar-refractivity contribution is 5.89. The third-order valence-electron chi connectivity index (χ3n) is 6.70. The fraction of sp³-hybridized carbons (Fsp3) is 0.440. The Hall–Kier alpha value is -2.94.